The molecule has 5 rings (SSSR count). The highest BCUT2D eigenvalue weighted by atomic mass is 32.1. The van der Waals surface area contributed by atoms with Gasteiger partial charge in [-0.3, -0.25) is 0 Å². The topological polar surface area (TPSA) is 86.5 Å². The predicted octanol–water partition coefficient (Wildman–Crippen LogP) is 5.47. The fraction of sp³-hybridized carbons (Fsp3) is 0.290. The van der Waals surface area contributed by atoms with Gasteiger partial charge in [0.05, 0.1) is 6.61 Å². The average molecular weight is 564 g/mol. The molecule has 2 heterocycles. The highest BCUT2D eigenvalue weighted by Gasteiger charge is 2.25. The Morgan fingerprint density at radius 1 is 1.10 bits per heavy atom. The number of hydrogen-bond donors (Lipinski definition) is 2. The smallest absolute Gasteiger partial charge is 0.358 e. The normalized spacial score (nSPS) is 13.9. The van der Waals surface area contributed by atoms with Crippen LogP contribution in [0.15, 0.2) is 66.0 Å². The van der Waals surface area contributed by atoms with E-state index in [0.29, 0.717) is 23.7 Å². The summed E-state index contributed by atoms with van der Waals surface area (Å²) in [6.07, 6.45) is 1.13. The third-order valence-corrected chi connectivity index (χ3v) is 7.75. The molecule has 0 radical (unpaired) electrons. The average Bonchev–Trinajstić information content (AvgIpc) is 3.62. The lowest BCUT2D eigenvalue weighted by molar-refractivity contribution is 0.0232. The number of hydrogen-bond acceptors (Lipinski definition) is 7. The maximum atomic E-state index is 13.8. The van der Waals surface area contributed by atoms with Crippen LogP contribution in [0, 0.1) is 11.6 Å². The van der Waals surface area contributed by atoms with Gasteiger partial charge in [-0.15, -0.1) is 11.3 Å². The van der Waals surface area contributed by atoms with Crippen molar-refractivity contribution < 1.29 is 23.0 Å². The number of carbonyl (C=O) groups excluding carboxylic acids is 1. The number of aromatic nitrogens is 1. The highest BCUT2D eigenvalue weighted by Crippen LogP contribution is 2.32. The lowest BCUT2D eigenvalue weighted by Crippen LogP contribution is -2.46. The molecule has 4 aromatic rings. The van der Waals surface area contributed by atoms with Gasteiger partial charge in [-0.25, -0.2) is 18.6 Å². The van der Waals surface area contributed by atoms with E-state index in [4.69, 9.17) is 15.2 Å². The number of rotatable bonds is 11. The van der Waals surface area contributed by atoms with E-state index < -0.39 is 29.7 Å². The Kier molecular flexibility index (Phi) is 8.84. The monoisotopic (exact) mass is 563 g/mol. The summed E-state index contributed by atoms with van der Waals surface area (Å²) in [6, 6.07) is 16.7. The molecule has 3 N–H and O–H groups in total. The number of benzene rings is 3. The number of esters is 1. The molecule has 0 spiro atoms. The summed E-state index contributed by atoms with van der Waals surface area (Å²) in [5, 5.41) is 5.68. The van der Waals surface area contributed by atoms with Crippen molar-refractivity contribution in [1.82, 2.24) is 10.3 Å². The van der Waals surface area contributed by atoms with Crippen LogP contribution in [-0.4, -0.2) is 36.3 Å². The van der Waals surface area contributed by atoms with E-state index in [-0.39, 0.29) is 18.7 Å². The molecule has 0 aliphatic carbocycles. The third-order valence-electron chi connectivity index (χ3n) is 6.85. The van der Waals surface area contributed by atoms with Crippen LogP contribution in [0.3, 0.4) is 0 Å². The molecule has 0 unspecified atom stereocenters. The zero-order valence-corrected chi connectivity index (χ0v) is 23.0. The first-order valence-electron chi connectivity index (χ1n) is 13.3. The Bertz CT molecular complexity index is 1470. The van der Waals surface area contributed by atoms with E-state index >= 15 is 0 Å². The van der Waals surface area contributed by atoms with Crippen molar-refractivity contribution in [1.29, 1.82) is 0 Å². The molecule has 0 amide bonds. The molecule has 1 aliphatic heterocycles. The molecule has 0 fully saturated rings. The van der Waals surface area contributed by atoms with Crippen LogP contribution in [0.2, 0.25) is 0 Å². The van der Waals surface area contributed by atoms with Gasteiger partial charge < -0.3 is 20.5 Å². The van der Waals surface area contributed by atoms with E-state index in [1.165, 1.54) is 29.0 Å². The van der Waals surface area contributed by atoms with Gasteiger partial charge in [-0.2, -0.15) is 0 Å². The van der Waals surface area contributed by atoms with Crippen molar-refractivity contribution in [3.8, 4) is 16.3 Å². The maximum Gasteiger partial charge on any atom is 0.358 e. The van der Waals surface area contributed by atoms with Gasteiger partial charge in [0.15, 0.2) is 5.69 Å². The van der Waals surface area contributed by atoms with Gasteiger partial charge in [0, 0.05) is 42.6 Å². The van der Waals surface area contributed by atoms with Crippen LogP contribution in [0.5, 0.6) is 5.75 Å². The standard InChI is InChI=1S/C31H31F2N3O3S/c1-2-19-4-3-5-20(10-19)16-35-17-29(26(34)13-21-11-24(32)15-25(33)12-21)39-31(37)27-18-40-30(36-27)23-6-7-28-22(14-23)8-9-38-28/h3-7,10-12,14-15,18,26,29,35H,2,8-9,13,16-17,34H2,1H3/t26-,29+/m0/s1. The van der Waals surface area contributed by atoms with Gasteiger partial charge in [0.2, 0.25) is 0 Å². The summed E-state index contributed by atoms with van der Waals surface area (Å²) in [4.78, 5) is 17.7. The second-order valence-corrected chi connectivity index (χ2v) is 10.7. The minimum atomic E-state index is -0.768. The Morgan fingerprint density at radius 2 is 1.90 bits per heavy atom. The maximum absolute atomic E-state index is 13.8. The number of aryl methyl sites for hydroxylation is 1. The Balaban J connectivity index is 1.29. The molecule has 0 saturated heterocycles. The van der Waals surface area contributed by atoms with Crippen LogP contribution in [0.4, 0.5) is 8.78 Å². The van der Waals surface area contributed by atoms with Crippen LogP contribution in [0.25, 0.3) is 10.6 Å². The summed E-state index contributed by atoms with van der Waals surface area (Å²) in [5.41, 5.74) is 11.4. The first-order chi connectivity index (χ1) is 19.4. The number of nitrogens with zero attached hydrogens (tertiary/aromatic N) is 1. The van der Waals surface area contributed by atoms with E-state index in [0.717, 1.165) is 41.3 Å². The zero-order valence-electron chi connectivity index (χ0n) is 22.2. The van der Waals surface area contributed by atoms with Crippen LogP contribution < -0.4 is 15.8 Å². The summed E-state index contributed by atoms with van der Waals surface area (Å²) < 4.78 is 39.0. The second-order valence-electron chi connectivity index (χ2n) is 9.85. The first-order valence-corrected chi connectivity index (χ1v) is 14.2. The second kappa shape index (κ2) is 12.7. The molecule has 6 nitrogen and oxygen atoms in total. The molecule has 40 heavy (non-hydrogen) atoms. The molecular formula is C31H31F2N3O3S. The number of fused-ring (bicyclic) bond motifs is 1. The number of carbonyl (C=O) groups is 1. The molecule has 3 aromatic carbocycles. The number of ether oxygens (including phenoxy) is 2. The molecule has 1 aliphatic rings. The van der Waals surface area contributed by atoms with E-state index in [1.807, 2.05) is 30.3 Å². The van der Waals surface area contributed by atoms with E-state index in [9.17, 15) is 13.6 Å². The van der Waals surface area contributed by atoms with Crippen molar-refractivity contribution in [2.75, 3.05) is 13.2 Å². The van der Waals surface area contributed by atoms with Crippen LogP contribution >= 0.6 is 11.3 Å². The summed E-state index contributed by atoms with van der Waals surface area (Å²) in [6.45, 7) is 3.56. The number of nitrogens with two attached hydrogens (primary N) is 1. The minimum Gasteiger partial charge on any atom is -0.493 e. The fourth-order valence-corrected chi connectivity index (χ4v) is 5.53. The van der Waals surface area contributed by atoms with Gasteiger partial charge in [-0.05, 0) is 65.4 Å². The Morgan fingerprint density at radius 3 is 2.70 bits per heavy atom. The van der Waals surface area contributed by atoms with Crippen molar-refractivity contribution in [2.24, 2.45) is 5.73 Å². The molecular weight excluding hydrogens is 532 g/mol. The highest BCUT2D eigenvalue weighted by molar-refractivity contribution is 7.13. The Labute approximate surface area is 236 Å². The number of halogens is 2. The molecule has 1 aromatic heterocycles. The summed E-state index contributed by atoms with van der Waals surface area (Å²) in [5.74, 6) is -1.09. The summed E-state index contributed by atoms with van der Waals surface area (Å²) >= 11 is 1.35. The van der Waals surface area contributed by atoms with Crippen molar-refractivity contribution in [3.63, 3.8) is 0 Å². The van der Waals surface area contributed by atoms with Gasteiger partial charge in [0.1, 0.15) is 28.5 Å². The van der Waals surface area contributed by atoms with E-state index in [2.05, 4.69) is 29.4 Å². The SMILES string of the molecule is CCc1cccc(CNC[C@@H](OC(=O)c2csc(-c3ccc4c(c3)CCO4)n2)[C@@H](N)Cc2cc(F)cc(F)c2)c1. The number of nitrogens with one attached hydrogen (secondary N) is 1. The lowest BCUT2D eigenvalue weighted by atomic mass is 10.0. The molecule has 9 heteroatoms. The van der Waals surface area contributed by atoms with Crippen molar-refractivity contribution in [2.45, 2.75) is 44.9 Å². The van der Waals surface area contributed by atoms with E-state index in [1.54, 1.807) is 5.38 Å². The van der Waals surface area contributed by atoms with Gasteiger partial charge in [-0.1, -0.05) is 31.2 Å². The largest absolute Gasteiger partial charge is 0.493 e. The third kappa shape index (κ3) is 6.91. The van der Waals surface area contributed by atoms with Crippen molar-refractivity contribution >= 4 is 17.3 Å². The van der Waals surface area contributed by atoms with Crippen LogP contribution in [-0.2, 0) is 30.5 Å². The number of thiazole rings is 1. The molecule has 0 bridgehead atoms. The van der Waals surface area contributed by atoms with Gasteiger partial charge >= 0.3 is 5.97 Å². The summed E-state index contributed by atoms with van der Waals surface area (Å²) in [7, 11) is 0. The quantitative estimate of drug-likeness (QED) is 0.236. The van der Waals surface area contributed by atoms with Gasteiger partial charge in [0.25, 0.3) is 0 Å². The molecule has 2 atom stereocenters. The zero-order chi connectivity index (χ0) is 28.1. The minimum absolute atomic E-state index is 0.124. The van der Waals surface area contributed by atoms with Crippen LogP contribution in [0.1, 0.15) is 39.7 Å². The molecule has 0 saturated carbocycles. The predicted molar refractivity (Wildman–Crippen MR) is 152 cm³/mol. The molecule has 208 valence electrons. The van der Waals surface area contributed by atoms with Crippen molar-refractivity contribution in [3.05, 3.63) is 106 Å². The first kappa shape index (κ1) is 27.9. The Hall–Kier alpha value is -3.66. The lowest BCUT2D eigenvalue weighted by Gasteiger charge is -2.24. The fourth-order valence-electron chi connectivity index (χ4n) is 4.75.